The van der Waals surface area contributed by atoms with Crippen molar-refractivity contribution in [3.05, 3.63) is 0 Å². The SMILES string of the molecule is CC([B]C(C)(C)C(C)(C)C)C(S)NC(=O)C(C)(C)C(C)(C)C(C)C. The number of carbonyl (C=O) groups is 1. The largest absolute Gasteiger partial charge is 0.345 e. The predicted molar refractivity (Wildman–Crippen MR) is 112 cm³/mol. The van der Waals surface area contributed by atoms with E-state index in [1.807, 2.05) is 13.8 Å². The Bertz CT molecular complexity index is 435. The second-order valence-electron chi connectivity index (χ2n) is 10.4. The summed E-state index contributed by atoms with van der Waals surface area (Å²) in [5.41, 5.74) is -0.388. The van der Waals surface area contributed by atoms with Crippen LogP contribution in [0.3, 0.4) is 0 Å². The topological polar surface area (TPSA) is 29.1 Å². The summed E-state index contributed by atoms with van der Waals surface area (Å²) < 4.78 is 0. The lowest BCUT2D eigenvalue weighted by atomic mass is 9.40. The van der Waals surface area contributed by atoms with E-state index in [4.69, 9.17) is 0 Å². The normalized spacial score (nSPS) is 16.8. The Kier molecular flexibility index (Phi) is 7.60. The predicted octanol–water partition coefficient (Wildman–Crippen LogP) is 5.82. The Morgan fingerprint density at radius 3 is 1.67 bits per heavy atom. The molecular weight excluding hydrogens is 313 g/mol. The van der Waals surface area contributed by atoms with Gasteiger partial charge >= 0.3 is 0 Å². The van der Waals surface area contributed by atoms with E-state index in [9.17, 15) is 4.79 Å². The molecule has 0 aliphatic heterocycles. The first-order valence-electron chi connectivity index (χ1n) is 9.23. The average Bonchev–Trinajstić information content (AvgIpc) is 2.35. The minimum absolute atomic E-state index is 0.0604. The minimum Gasteiger partial charge on any atom is -0.345 e. The molecule has 0 spiro atoms. The van der Waals surface area contributed by atoms with Crippen LogP contribution in [-0.2, 0) is 4.79 Å². The third-order valence-corrected chi connectivity index (χ3v) is 7.61. The van der Waals surface area contributed by atoms with Crippen LogP contribution in [0.4, 0.5) is 0 Å². The van der Waals surface area contributed by atoms with Crippen molar-refractivity contribution in [3.63, 3.8) is 0 Å². The molecule has 0 saturated heterocycles. The van der Waals surface area contributed by atoms with E-state index >= 15 is 0 Å². The number of nitrogens with one attached hydrogen (secondary N) is 1. The smallest absolute Gasteiger partial charge is 0.227 e. The number of hydrogen-bond acceptors (Lipinski definition) is 2. The quantitative estimate of drug-likeness (QED) is 0.336. The van der Waals surface area contributed by atoms with E-state index in [1.165, 1.54) is 0 Å². The van der Waals surface area contributed by atoms with Crippen LogP contribution in [0.15, 0.2) is 0 Å². The maximum atomic E-state index is 12.9. The molecule has 0 fully saturated rings. The molecule has 1 amide bonds. The molecule has 0 saturated carbocycles. The summed E-state index contributed by atoms with van der Waals surface area (Å²) in [6, 6.07) is 0. The molecule has 0 heterocycles. The maximum Gasteiger partial charge on any atom is 0.227 e. The molecule has 0 aromatic heterocycles. The summed E-state index contributed by atoms with van der Waals surface area (Å²) >= 11 is 4.69. The highest BCUT2D eigenvalue weighted by Crippen LogP contribution is 2.47. The summed E-state index contributed by atoms with van der Waals surface area (Å²) in [4.78, 5) is 12.9. The van der Waals surface area contributed by atoms with Crippen molar-refractivity contribution < 1.29 is 4.79 Å². The van der Waals surface area contributed by atoms with Crippen LogP contribution >= 0.6 is 12.6 Å². The van der Waals surface area contributed by atoms with E-state index in [0.717, 1.165) is 0 Å². The third-order valence-electron chi connectivity index (χ3n) is 7.01. The molecule has 24 heavy (non-hydrogen) atoms. The van der Waals surface area contributed by atoms with Crippen LogP contribution in [0.1, 0.15) is 83.1 Å². The lowest BCUT2D eigenvalue weighted by Gasteiger charge is -2.45. The number of amides is 1. The highest BCUT2D eigenvalue weighted by atomic mass is 32.1. The lowest BCUT2D eigenvalue weighted by Crippen LogP contribution is -2.51. The number of rotatable bonds is 7. The molecule has 0 rings (SSSR count). The summed E-state index contributed by atoms with van der Waals surface area (Å²) in [7, 11) is 2.32. The van der Waals surface area contributed by atoms with Gasteiger partial charge in [-0.1, -0.05) is 88.4 Å². The molecule has 2 unspecified atom stereocenters. The summed E-state index contributed by atoms with van der Waals surface area (Å²) in [6.45, 7) is 26.1. The van der Waals surface area contributed by atoms with Gasteiger partial charge in [-0.15, -0.1) is 0 Å². The Morgan fingerprint density at radius 2 is 1.33 bits per heavy atom. The lowest BCUT2D eigenvalue weighted by molar-refractivity contribution is -0.137. The molecule has 141 valence electrons. The van der Waals surface area contributed by atoms with Gasteiger partial charge in [0.25, 0.3) is 0 Å². The van der Waals surface area contributed by atoms with Gasteiger partial charge in [-0.25, -0.2) is 0 Å². The fraction of sp³-hybridized carbons (Fsp3) is 0.950. The van der Waals surface area contributed by atoms with Gasteiger partial charge in [-0.05, 0) is 22.6 Å². The first kappa shape index (κ1) is 23.9. The average molecular weight is 354 g/mol. The minimum atomic E-state index is -0.457. The van der Waals surface area contributed by atoms with Gasteiger partial charge in [0.2, 0.25) is 5.91 Å². The second kappa shape index (κ2) is 7.64. The first-order chi connectivity index (χ1) is 10.4. The van der Waals surface area contributed by atoms with Crippen molar-refractivity contribution >= 4 is 25.8 Å². The number of thiol groups is 1. The molecule has 1 radical (unpaired) electrons. The highest BCUT2D eigenvalue weighted by molar-refractivity contribution is 7.81. The van der Waals surface area contributed by atoms with Gasteiger partial charge in [0.15, 0.2) is 0 Å². The van der Waals surface area contributed by atoms with Crippen LogP contribution < -0.4 is 5.32 Å². The van der Waals surface area contributed by atoms with Crippen LogP contribution in [-0.4, -0.2) is 18.6 Å². The van der Waals surface area contributed by atoms with Crippen molar-refractivity contribution in [1.82, 2.24) is 5.32 Å². The van der Waals surface area contributed by atoms with Crippen molar-refractivity contribution in [2.45, 2.75) is 99.6 Å². The molecule has 0 aliphatic rings. The van der Waals surface area contributed by atoms with Gasteiger partial charge in [-0.2, -0.15) is 12.6 Å². The number of carbonyl (C=O) groups excluding carboxylic acids is 1. The Morgan fingerprint density at radius 1 is 0.917 bits per heavy atom. The van der Waals surface area contributed by atoms with Gasteiger partial charge in [0.05, 0.1) is 5.37 Å². The van der Waals surface area contributed by atoms with Crippen LogP contribution in [0.2, 0.25) is 11.1 Å². The molecule has 2 nitrogen and oxygen atoms in total. The highest BCUT2D eigenvalue weighted by Gasteiger charge is 2.45. The third kappa shape index (κ3) is 5.19. The molecule has 2 atom stereocenters. The van der Waals surface area contributed by atoms with Gasteiger partial charge < -0.3 is 5.32 Å². The second-order valence-corrected chi connectivity index (χ2v) is 11.0. The Balaban J connectivity index is 5.06. The summed E-state index contributed by atoms with van der Waals surface area (Å²) in [6.07, 6.45) is 0. The summed E-state index contributed by atoms with van der Waals surface area (Å²) in [5, 5.41) is 3.03. The first-order valence-corrected chi connectivity index (χ1v) is 9.74. The zero-order valence-corrected chi connectivity index (χ0v) is 19.1. The van der Waals surface area contributed by atoms with Crippen molar-refractivity contribution in [2.24, 2.45) is 22.2 Å². The van der Waals surface area contributed by atoms with Crippen molar-refractivity contribution in [1.29, 1.82) is 0 Å². The van der Waals surface area contributed by atoms with E-state index in [-0.39, 0.29) is 33.2 Å². The molecule has 1 N–H and O–H groups in total. The monoisotopic (exact) mass is 354 g/mol. The van der Waals surface area contributed by atoms with Gasteiger partial charge in [0.1, 0.15) is 7.28 Å². The van der Waals surface area contributed by atoms with Gasteiger partial charge in [0, 0.05) is 5.41 Å². The molecule has 4 heteroatoms. The molecule has 0 aliphatic carbocycles. The fourth-order valence-electron chi connectivity index (χ4n) is 2.46. The van der Waals surface area contributed by atoms with Crippen molar-refractivity contribution in [3.8, 4) is 0 Å². The number of hydrogen-bond donors (Lipinski definition) is 2. The van der Waals surface area contributed by atoms with Gasteiger partial charge in [-0.3, -0.25) is 4.79 Å². The van der Waals surface area contributed by atoms with Crippen LogP contribution in [0.5, 0.6) is 0 Å². The Hall–Kier alpha value is -0.115. The molecular formula is C20H41BNOS. The zero-order chi connectivity index (χ0) is 19.7. The van der Waals surface area contributed by atoms with E-state index < -0.39 is 5.41 Å². The Labute approximate surface area is 158 Å². The fourth-order valence-corrected chi connectivity index (χ4v) is 2.66. The van der Waals surface area contributed by atoms with E-state index in [0.29, 0.717) is 5.92 Å². The van der Waals surface area contributed by atoms with Crippen LogP contribution in [0, 0.1) is 22.2 Å². The molecule has 0 aromatic rings. The standard InChI is InChI=1S/C20H41BNOS/c1-13(2)18(7,8)19(9,10)16(23)22-15(24)14(3)21-20(11,12)17(4,5)6/h13-15,24H,1-12H3,(H,22,23). The van der Waals surface area contributed by atoms with Crippen LogP contribution in [0.25, 0.3) is 0 Å². The molecule has 0 bridgehead atoms. The van der Waals surface area contributed by atoms with Crippen molar-refractivity contribution in [2.75, 3.05) is 0 Å². The van der Waals surface area contributed by atoms with E-state index in [2.05, 4.69) is 94.5 Å². The summed E-state index contributed by atoms with van der Waals surface area (Å²) in [5.74, 6) is 0.680. The molecule has 0 aromatic carbocycles. The van der Waals surface area contributed by atoms with E-state index in [1.54, 1.807) is 0 Å². The maximum absolute atomic E-state index is 12.9. The zero-order valence-electron chi connectivity index (χ0n) is 18.2.